The van der Waals surface area contributed by atoms with Crippen LogP contribution in [0.5, 0.6) is 0 Å². The average Bonchev–Trinajstić information content (AvgIpc) is 2.86. The third-order valence-electron chi connectivity index (χ3n) is 3.15. The van der Waals surface area contributed by atoms with Gasteiger partial charge in [0.05, 0.1) is 24.0 Å². The zero-order valence-electron chi connectivity index (χ0n) is 11.9. The predicted octanol–water partition coefficient (Wildman–Crippen LogP) is 1.83. The lowest BCUT2D eigenvalue weighted by atomic mass is 10.1. The van der Waals surface area contributed by atoms with Crippen molar-refractivity contribution in [3.05, 3.63) is 46.5 Å². The number of methoxy groups -OCH3 is 1. The molecular formula is C14H8F3N3O4. The molecule has 0 aliphatic rings. The number of nitrogen functional groups attached to an aromatic ring is 1. The monoisotopic (exact) mass is 339 g/mol. The Bertz CT molecular complexity index is 915. The van der Waals surface area contributed by atoms with Gasteiger partial charge in [0.2, 0.25) is 0 Å². The normalized spacial score (nSPS) is 10.3. The maximum atomic E-state index is 14.4. The van der Waals surface area contributed by atoms with Crippen LogP contribution in [-0.2, 0) is 4.74 Å². The number of carboxylic acids is 1. The molecule has 0 amide bonds. The molecule has 0 unspecified atom stereocenters. The van der Waals surface area contributed by atoms with E-state index in [4.69, 9.17) is 16.1 Å². The fourth-order valence-corrected chi connectivity index (χ4v) is 2.06. The van der Waals surface area contributed by atoms with E-state index in [1.165, 1.54) is 0 Å². The van der Waals surface area contributed by atoms with Crippen LogP contribution >= 0.6 is 0 Å². The number of hydrogen-bond donors (Lipinski definition) is 2. The molecular weight excluding hydrogens is 331 g/mol. The summed E-state index contributed by atoms with van der Waals surface area (Å²) in [5, 5.41) is 17.8. The van der Waals surface area contributed by atoms with Crippen LogP contribution in [-0.4, -0.2) is 28.7 Å². The van der Waals surface area contributed by atoms with Crippen molar-refractivity contribution >= 4 is 17.6 Å². The van der Waals surface area contributed by atoms with Gasteiger partial charge in [-0.2, -0.15) is 5.26 Å². The molecule has 0 radical (unpaired) electrons. The molecule has 1 aromatic heterocycles. The summed E-state index contributed by atoms with van der Waals surface area (Å²) in [6, 6.07) is 1.96. The van der Waals surface area contributed by atoms with Crippen LogP contribution in [0, 0.1) is 28.8 Å². The van der Waals surface area contributed by atoms with Crippen molar-refractivity contribution in [2.24, 2.45) is 0 Å². The second kappa shape index (κ2) is 5.96. The van der Waals surface area contributed by atoms with Gasteiger partial charge in [0.1, 0.15) is 11.6 Å². The predicted molar refractivity (Wildman–Crippen MR) is 73.1 cm³/mol. The van der Waals surface area contributed by atoms with E-state index >= 15 is 0 Å². The highest BCUT2D eigenvalue weighted by atomic mass is 19.2. The zero-order valence-corrected chi connectivity index (χ0v) is 11.9. The number of carboxylic acid groups (broad SMARTS) is 1. The van der Waals surface area contributed by atoms with Gasteiger partial charge in [0.15, 0.2) is 23.1 Å². The molecule has 3 N–H and O–H groups in total. The molecule has 1 aromatic carbocycles. The van der Waals surface area contributed by atoms with Gasteiger partial charge in [-0.15, -0.1) is 0 Å². The van der Waals surface area contributed by atoms with Crippen LogP contribution < -0.4 is 5.73 Å². The molecule has 0 aliphatic heterocycles. The minimum Gasteiger partial charge on any atom is -0.477 e. The highest BCUT2D eigenvalue weighted by Crippen LogP contribution is 2.29. The molecule has 10 heteroatoms. The van der Waals surface area contributed by atoms with Crippen molar-refractivity contribution in [2.45, 2.75) is 0 Å². The summed E-state index contributed by atoms with van der Waals surface area (Å²) in [5.41, 5.74) is 2.04. The molecule has 0 spiro atoms. The van der Waals surface area contributed by atoms with Gasteiger partial charge < -0.3 is 20.1 Å². The summed E-state index contributed by atoms with van der Waals surface area (Å²) in [6.45, 7) is 0. The first-order chi connectivity index (χ1) is 11.2. The maximum Gasteiger partial charge on any atom is 0.357 e. The topological polar surface area (TPSA) is 118 Å². The van der Waals surface area contributed by atoms with E-state index < -0.39 is 46.3 Å². The molecule has 124 valence electrons. The summed E-state index contributed by atoms with van der Waals surface area (Å²) in [7, 11) is 0.982. The molecule has 0 aliphatic carbocycles. The summed E-state index contributed by atoms with van der Waals surface area (Å²) in [4.78, 5) is 22.8. The molecule has 0 atom stereocenters. The SMILES string of the molecule is COC(=O)c1c(N)c(C#N)cn1-c1cc(F)c(F)c(C(=O)O)c1F. The Kier molecular flexibility index (Phi) is 4.19. The van der Waals surface area contributed by atoms with Crippen molar-refractivity contribution in [3.63, 3.8) is 0 Å². The van der Waals surface area contributed by atoms with Crippen LogP contribution in [0.3, 0.4) is 0 Å². The molecule has 2 aromatic rings. The van der Waals surface area contributed by atoms with Crippen LogP contribution in [0.25, 0.3) is 5.69 Å². The summed E-state index contributed by atoms with van der Waals surface area (Å²) < 4.78 is 46.6. The summed E-state index contributed by atoms with van der Waals surface area (Å²) in [6.07, 6.45) is 0.878. The number of esters is 1. The van der Waals surface area contributed by atoms with Gasteiger partial charge in [-0.1, -0.05) is 0 Å². The van der Waals surface area contributed by atoms with Crippen LogP contribution in [0.2, 0.25) is 0 Å². The number of aromatic nitrogens is 1. The Morgan fingerprint density at radius 3 is 2.46 bits per heavy atom. The van der Waals surface area contributed by atoms with Gasteiger partial charge >= 0.3 is 11.9 Å². The van der Waals surface area contributed by atoms with Gasteiger partial charge in [-0.05, 0) is 0 Å². The minimum absolute atomic E-state index is 0.267. The number of rotatable bonds is 3. The number of halogens is 3. The van der Waals surface area contributed by atoms with E-state index in [9.17, 15) is 22.8 Å². The second-order valence-electron chi connectivity index (χ2n) is 4.46. The lowest BCUT2D eigenvalue weighted by molar-refractivity contribution is 0.0592. The van der Waals surface area contributed by atoms with E-state index in [0.717, 1.165) is 13.3 Å². The number of hydrogen-bond acceptors (Lipinski definition) is 5. The van der Waals surface area contributed by atoms with E-state index in [-0.39, 0.29) is 11.3 Å². The van der Waals surface area contributed by atoms with E-state index in [1.54, 1.807) is 6.07 Å². The maximum absolute atomic E-state index is 14.4. The van der Waals surface area contributed by atoms with Crippen LogP contribution in [0.1, 0.15) is 26.4 Å². The first-order valence-electron chi connectivity index (χ1n) is 6.14. The van der Waals surface area contributed by atoms with Gasteiger partial charge in [-0.3, -0.25) is 0 Å². The Labute approximate surface area is 132 Å². The average molecular weight is 339 g/mol. The Morgan fingerprint density at radius 2 is 1.96 bits per heavy atom. The van der Waals surface area contributed by atoms with Crippen molar-refractivity contribution in [2.75, 3.05) is 12.8 Å². The third kappa shape index (κ3) is 2.41. The number of nitrogens with zero attached hydrogens (tertiary/aromatic N) is 2. The fourth-order valence-electron chi connectivity index (χ4n) is 2.06. The number of carbonyl (C=O) groups is 2. The van der Waals surface area contributed by atoms with Crippen LogP contribution in [0.15, 0.2) is 12.3 Å². The van der Waals surface area contributed by atoms with Crippen molar-refractivity contribution in [1.29, 1.82) is 5.26 Å². The van der Waals surface area contributed by atoms with Crippen LogP contribution in [0.4, 0.5) is 18.9 Å². The number of nitriles is 1. The number of carbonyl (C=O) groups excluding carboxylic acids is 1. The standard InChI is InChI=1S/C14H8F3N3O4/c1-24-14(23)12-11(19)5(3-18)4-20(12)7-2-6(15)9(16)8(10(7)17)13(21)22/h2,4H,19H2,1H3,(H,21,22). The van der Waals surface area contributed by atoms with Gasteiger partial charge in [-0.25, -0.2) is 22.8 Å². The number of aromatic carboxylic acids is 1. The minimum atomic E-state index is -2.05. The molecule has 0 bridgehead atoms. The molecule has 0 saturated carbocycles. The second-order valence-corrected chi connectivity index (χ2v) is 4.46. The number of nitrogens with two attached hydrogens (primary N) is 1. The largest absolute Gasteiger partial charge is 0.477 e. The zero-order chi connectivity index (χ0) is 18.2. The third-order valence-corrected chi connectivity index (χ3v) is 3.15. The first-order valence-corrected chi connectivity index (χ1v) is 6.14. The highest BCUT2D eigenvalue weighted by Gasteiger charge is 2.29. The highest BCUT2D eigenvalue weighted by molar-refractivity contribution is 5.96. The fraction of sp³-hybridized carbons (Fsp3) is 0.0714. The van der Waals surface area contributed by atoms with Gasteiger partial charge in [0, 0.05) is 12.3 Å². The van der Waals surface area contributed by atoms with Gasteiger partial charge in [0.25, 0.3) is 0 Å². The number of benzene rings is 1. The number of ether oxygens (including phenoxy) is 1. The summed E-state index contributed by atoms with van der Waals surface area (Å²) >= 11 is 0. The van der Waals surface area contributed by atoms with Crippen molar-refractivity contribution in [3.8, 4) is 11.8 Å². The van der Waals surface area contributed by atoms with E-state index in [2.05, 4.69) is 4.74 Å². The first kappa shape index (κ1) is 16.9. The quantitative estimate of drug-likeness (QED) is 0.650. The van der Waals surface area contributed by atoms with Crippen molar-refractivity contribution < 1.29 is 32.6 Å². The Morgan fingerprint density at radius 1 is 1.33 bits per heavy atom. The molecule has 0 fully saturated rings. The molecule has 2 rings (SSSR count). The lowest BCUT2D eigenvalue weighted by Crippen LogP contribution is -2.15. The van der Waals surface area contributed by atoms with E-state index in [1.807, 2.05) is 0 Å². The molecule has 7 nitrogen and oxygen atoms in total. The van der Waals surface area contributed by atoms with Crippen molar-refractivity contribution in [1.82, 2.24) is 4.57 Å². The van der Waals surface area contributed by atoms with E-state index in [0.29, 0.717) is 10.6 Å². The Hall–Kier alpha value is -3.48. The summed E-state index contributed by atoms with van der Waals surface area (Å²) in [5.74, 6) is -8.35. The Balaban J connectivity index is 2.90. The smallest absolute Gasteiger partial charge is 0.357 e. The molecule has 1 heterocycles. The molecule has 0 saturated heterocycles. The number of anilines is 1. The molecule has 24 heavy (non-hydrogen) atoms. The lowest BCUT2D eigenvalue weighted by Gasteiger charge is -2.12.